The number of ether oxygens (including phenoxy) is 1. The third-order valence-corrected chi connectivity index (χ3v) is 4.15. The monoisotopic (exact) mass is 305 g/mol. The standard InChI is InChI=1S/C16H19NO3S/c1-11(10-13(18)15-8-5-9-21-15)17-16(19)12-6-3-4-7-14(12)20-2/h3-9,11,13,18H,10H2,1-2H3,(H,17,19)/t11-,13+/m0/s1. The number of amides is 1. The molecular formula is C16H19NO3S. The van der Waals surface area contributed by atoms with Gasteiger partial charge in [-0.05, 0) is 36.9 Å². The fourth-order valence-corrected chi connectivity index (χ4v) is 2.85. The van der Waals surface area contributed by atoms with Gasteiger partial charge in [0.1, 0.15) is 5.75 Å². The summed E-state index contributed by atoms with van der Waals surface area (Å²) in [5.41, 5.74) is 0.498. The Morgan fingerprint density at radius 2 is 2.10 bits per heavy atom. The molecule has 2 aromatic rings. The Bertz CT molecular complexity index is 583. The van der Waals surface area contributed by atoms with Gasteiger partial charge in [-0.25, -0.2) is 0 Å². The molecule has 0 aliphatic carbocycles. The zero-order valence-corrected chi connectivity index (χ0v) is 12.9. The molecule has 0 spiro atoms. The number of benzene rings is 1. The van der Waals surface area contributed by atoms with E-state index in [1.54, 1.807) is 18.2 Å². The highest BCUT2D eigenvalue weighted by atomic mass is 32.1. The van der Waals surface area contributed by atoms with Crippen LogP contribution in [0.5, 0.6) is 5.75 Å². The van der Waals surface area contributed by atoms with Crippen LogP contribution in [0.1, 0.15) is 34.7 Å². The lowest BCUT2D eigenvalue weighted by Gasteiger charge is -2.18. The summed E-state index contributed by atoms with van der Waals surface area (Å²) in [5, 5.41) is 14.9. The van der Waals surface area contributed by atoms with Crippen molar-refractivity contribution < 1.29 is 14.6 Å². The number of hydrogen-bond donors (Lipinski definition) is 2. The lowest BCUT2D eigenvalue weighted by molar-refractivity contribution is 0.0915. The van der Waals surface area contributed by atoms with Crippen LogP contribution in [0.3, 0.4) is 0 Å². The molecule has 2 atom stereocenters. The summed E-state index contributed by atoms with van der Waals surface area (Å²) < 4.78 is 5.18. The van der Waals surface area contributed by atoms with Crippen LogP contribution in [0, 0.1) is 0 Å². The number of hydrogen-bond acceptors (Lipinski definition) is 4. The van der Waals surface area contributed by atoms with E-state index in [1.165, 1.54) is 18.4 Å². The Hall–Kier alpha value is -1.85. The summed E-state index contributed by atoms with van der Waals surface area (Å²) in [5.74, 6) is 0.347. The van der Waals surface area contributed by atoms with E-state index in [-0.39, 0.29) is 11.9 Å². The number of aliphatic hydroxyl groups is 1. The van der Waals surface area contributed by atoms with E-state index in [0.29, 0.717) is 17.7 Å². The van der Waals surface area contributed by atoms with Crippen LogP contribution >= 0.6 is 11.3 Å². The van der Waals surface area contributed by atoms with Gasteiger partial charge in [0.2, 0.25) is 0 Å². The Kier molecular flexibility index (Phi) is 5.36. The highest BCUT2D eigenvalue weighted by molar-refractivity contribution is 7.10. The molecule has 2 rings (SSSR count). The van der Waals surface area contributed by atoms with Crippen LogP contribution in [0.15, 0.2) is 41.8 Å². The minimum Gasteiger partial charge on any atom is -0.496 e. The van der Waals surface area contributed by atoms with Crippen molar-refractivity contribution in [2.45, 2.75) is 25.5 Å². The van der Waals surface area contributed by atoms with Gasteiger partial charge in [0.25, 0.3) is 5.91 Å². The first kappa shape index (κ1) is 15.5. The molecule has 5 heteroatoms. The van der Waals surface area contributed by atoms with Crippen LogP contribution < -0.4 is 10.1 Å². The van der Waals surface area contributed by atoms with E-state index in [4.69, 9.17) is 4.74 Å². The maximum Gasteiger partial charge on any atom is 0.255 e. The Morgan fingerprint density at radius 3 is 2.76 bits per heavy atom. The minimum absolute atomic E-state index is 0.139. The zero-order chi connectivity index (χ0) is 15.2. The van der Waals surface area contributed by atoms with Gasteiger partial charge in [-0.3, -0.25) is 4.79 Å². The zero-order valence-electron chi connectivity index (χ0n) is 12.1. The molecule has 0 fully saturated rings. The van der Waals surface area contributed by atoms with Crippen molar-refractivity contribution in [1.29, 1.82) is 0 Å². The quantitative estimate of drug-likeness (QED) is 0.862. The number of aliphatic hydroxyl groups excluding tert-OH is 1. The average molecular weight is 305 g/mol. The molecule has 1 heterocycles. The van der Waals surface area contributed by atoms with E-state index in [2.05, 4.69) is 5.32 Å². The Balaban J connectivity index is 1.96. The van der Waals surface area contributed by atoms with E-state index >= 15 is 0 Å². The van der Waals surface area contributed by atoms with E-state index in [0.717, 1.165) is 4.88 Å². The summed E-state index contributed by atoms with van der Waals surface area (Å²) in [7, 11) is 1.54. The number of methoxy groups -OCH3 is 1. The fourth-order valence-electron chi connectivity index (χ4n) is 2.12. The van der Waals surface area contributed by atoms with E-state index in [1.807, 2.05) is 30.5 Å². The molecule has 0 radical (unpaired) electrons. The number of nitrogens with one attached hydrogen (secondary N) is 1. The molecule has 4 nitrogen and oxygen atoms in total. The maximum atomic E-state index is 12.2. The predicted molar refractivity (Wildman–Crippen MR) is 83.8 cm³/mol. The van der Waals surface area contributed by atoms with Gasteiger partial charge in [0.15, 0.2) is 0 Å². The smallest absolute Gasteiger partial charge is 0.255 e. The summed E-state index contributed by atoms with van der Waals surface area (Å²) in [6.45, 7) is 1.88. The highest BCUT2D eigenvalue weighted by Gasteiger charge is 2.17. The molecule has 1 aromatic heterocycles. The summed E-state index contributed by atoms with van der Waals surface area (Å²) in [6, 6.07) is 10.7. The van der Waals surface area contributed by atoms with Crippen molar-refractivity contribution in [1.82, 2.24) is 5.32 Å². The van der Waals surface area contributed by atoms with Crippen LogP contribution in [-0.2, 0) is 0 Å². The van der Waals surface area contributed by atoms with Crippen LogP contribution in [0.4, 0.5) is 0 Å². The molecule has 0 saturated carbocycles. The summed E-state index contributed by atoms with van der Waals surface area (Å²) >= 11 is 1.51. The Morgan fingerprint density at radius 1 is 1.33 bits per heavy atom. The number of para-hydroxylation sites is 1. The van der Waals surface area contributed by atoms with Gasteiger partial charge >= 0.3 is 0 Å². The molecule has 112 valence electrons. The molecular weight excluding hydrogens is 286 g/mol. The summed E-state index contributed by atoms with van der Waals surface area (Å²) in [4.78, 5) is 13.1. The third kappa shape index (κ3) is 4.06. The van der Waals surface area contributed by atoms with Gasteiger partial charge in [-0.2, -0.15) is 0 Å². The molecule has 1 amide bonds. The number of carbonyl (C=O) groups is 1. The molecule has 21 heavy (non-hydrogen) atoms. The molecule has 0 aliphatic heterocycles. The third-order valence-electron chi connectivity index (χ3n) is 3.18. The predicted octanol–water partition coefficient (Wildman–Crippen LogP) is 3.00. The topological polar surface area (TPSA) is 58.6 Å². The van der Waals surface area contributed by atoms with Gasteiger partial charge in [-0.1, -0.05) is 18.2 Å². The normalized spacial score (nSPS) is 13.5. The lowest BCUT2D eigenvalue weighted by Crippen LogP contribution is -2.33. The van der Waals surface area contributed by atoms with Crippen molar-refractivity contribution in [3.8, 4) is 5.75 Å². The van der Waals surface area contributed by atoms with Crippen molar-refractivity contribution in [2.24, 2.45) is 0 Å². The van der Waals surface area contributed by atoms with Crippen molar-refractivity contribution in [2.75, 3.05) is 7.11 Å². The summed E-state index contributed by atoms with van der Waals surface area (Å²) in [6.07, 6.45) is -0.0838. The lowest BCUT2D eigenvalue weighted by atomic mass is 10.1. The number of rotatable bonds is 6. The second kappa shape index (κ2) is 7.24. The second-order valence-electron chi connectivity index (χ2n) is 4.84. The minimum atomic E-state index is -0.557. The van der Waals surface area contributed by atoms with E-state index < -0.39 is 6.10 Å². The first-order valence-electron chi connectivity index (χ1n) is 6.77. The van der Waals surface area contributed by atoms with E-state index in [9.17, 15) is 9.90 Å². The molecule has 0 bridgehead atoms. The van der Waals surface area contributed by atoms with Gasteiger partial charge in [0.05, 0.1) is 18.8 Å². The molecule has 0 saturated heterocycles. The first-order chi connectivity index (χ1) is 10.1. The molecule has 2 N–H and O–H groups in total. The second-order valence-corrected chi connectivity index (χ2v) is 5.82. The highest BCUT2D eigenvalue weighted by Crippen LogP contribution is 2.23. The van der Waals surface area contributed by atoms with Crippen molar-refractivity contribution in [3.63, 3.8) is 0 Å². The average Bonchev–Trinajstić information content (AvgIpc) is 3.01. The molecule has 1 aromatic carbocycles. The van der Waals surface area contributed by atoms with Crippen molar-refractivity contribution >= 4 is 17.2 Å². The fraction of sp³-hybridized carbons (Fsp3) is 0.312. The SMILES string of the molecule is COc1ccccc1C(=O)N[C@@H](C)C[C@@H](O)c1cccs1. The van der Waals surface area contributed by atoms with Gasteiger partial charge in [0, 0.05) is 10.9 Å². The van der Waals surface area contributed by atoms with Crippen LogP contribution in [0.25, 0.3) is 0 Å². The van der Waals surface area contributed by atoms with Crippen LogP contribution in [-0.4, -0.2) is 24.2 Å². The van der Waals surface area contributed by atoms with Crippen molar-refractivity contribution in [3.05, 3.63) is 52.2 Å². The Labute approximate surface area is 128 Å². The van der Waals surface area contributed by atoms with Crippen LogP contribution in [0.2, 0.25) is 0 Å². The molecule has 0 aliphatic rings. The van der Waals surface area contributed by atoms with Gasteiger partial charge < -0.3 is 15.2 Å². The number of carbonyl (C=O) groups excluding carboxylic acids is 1. The largest absolute Gasteiger partial charge is 0.496 e. The maximum absolute atomic E-state index is 12.2. The molecule has 0 unspecified atom stereocenters. The number of thiophene rings is 1. The first-order valence-corrected chi connectivity index (χ1v) is 7.65. The van der Waals surface area contributed by atoms with Gasteiger partial charge in [-0.15, -0.1) is 11.3 Å².